The molecule has 0 aliphatic carbocycles. The highest BCUT2D eigenvalue weighted by molar-refractivity contribution is 5.88. The SMILES string of the molecule is CN1[C@@H]2C[C@@H](Cc3ccccc3)[C@H]1C[C@H](Cc1ccccc1)C2=O. The van der Waals surface area contributed by atoms with Crippen molar-refractivity contribution in [2.75, 3.05) is 7.05 Å². The van der Waals surface area contributed by atoms with Gasteiger partial charge >= 0.3 is 0 Å². The molecule has 0 N–H and O–H groups in total. The summed E-state index contributed by atoms with van der Waals surface area (Å²) in [6.07, 6.45) is 4.04. The molecule has 0 radical (unpaired) electrons. The predicted octanol–water partition coefficient (Wildman–Crippen LogP) is 3.75. The summed E-state index contributed by atoms with van der Waals surface area (Å²) >= 11 is 0. The summed E-state index contributed by atoms with van der Waals surface area (Å²) in [6, 6.07) is 21.9. The van der Waals surface area contributed by atoms with Crippen molar-refractivity contribution in [2.24, 2.45) is 11.8 Å². The molecule has 2 bridgehead atoms. The topological polar surface area (TPSA) is 20.3 Å². The molecule has 2 aromatic carbocycles. The fourth-order valence-corrected chi connectivity index (χ4v) is 4.75. The van der Waals surface area contributed by atoms with Crippen LogP contribution in [-0.4, -0.2) is 29.8 Å². The first-order chi connectivity index (χ1) is 11.7. The van der Waals surface area contributed by atoms with E-state index in [0.717, 1.165) is 25.7 Å². The molecule has 4 rings (SSSR count). The lowest BCUT2D eigenvalue weighted by molar-refractivity contribution is -0.130. The minimum Gasteiger partial charge on any atom is -0.298 e. The summed E-state index contributed by atoms with van der Waals surface area (Å²) in [7, 11) is 2.15. The summed E-state index contributed by atoms with van der Waals surface area (Å²) < 4.78 is 0. The van der Waals surface area contributed by atoms with Crippen LogP contribution in [0.5, 0.6) is 0 Å². The predicted molar refractivity (Wildman–Crippen MR) is 96.9 cm³/mol. The number of Topliss-reactive ketones (excluding diaryl/α,β-unsaturated/α-hetero) is 1. The molecular weight excluding hydrogens is 294 g/mol. The number of ketones is 1. The monoisotopic (exact) mass is 319 g/mol. The van der Waals surface area contributed by atoms with Gasteiger partial charge in [0.1, 0.15) is 0 Å². The lowest BCUT2D eigenvalue weighted by Crippen LogP contribution is -2.48. The number of piperidine rings is 1. The Labute approximate surface area is 144 Å². The van der Waals surface area contributed by atoms with Crippen molar-refractivity contribution in [3.63, 3.8) is 0 Å². The molecule has 2 heteroatoms. The molecule has 2 fully saturated rings. The van der Waals surface area contributed by atoms with E-state index in [1.165, 1.54) is 11.1 Å². The van der Waals surface area contributed by atoms with Crippen molar-refractivity contribution in [3.05, 3.63) is 71.8 Å². The molecule has 2 saturated heterocycles. The zero-order valence-electron chi connectivity index (χ0n) is 14.3. The van der Waals surface area contributed by atoms with Crippen LogP contribution in [0.25, 0.3) is 0 Å². The Kier molecular flexibility index (Phi) is 4.24. The van der Waals surface area contributed by atoms with Crippen molar-refractivity contribution in [3.8, 4) is 0 Å². The van der Waals surface area contributed by atoms with Gasteiger partial charge in [-0.05, 0) is 49.8 Å². The van der Waals surface area contributed by atoms with E-state index in [1.54, 1.807) is 0 Å². The van der Waals surface area contributed by atoms with Crippen molar-refractivity contribution in [1.82, 2.24) is 4.90 Å². The largest absolute Gasteiger partial charge is 0.298 e. The highest BCUT2D eigenvalue weighted by atomic mass is 16.1. The van der Waals surface area contributed by atoms with E-state index in [-0.39, 0.29) is 12.0 Å². The van der Waals surface area contributed by atoms with Crippen molar-refractivity contribution in [1.29, 1.82) is 0 Å². The third-order valence-electron chi connectivity index (χ3n) is 6.01. The molecule has 0 unspecified atom stereocenters. The lowest BCUT2D eigenvalue weighted by atomic mass is 9.83. The van der Waals surface area contributed by atoms with Gasteiger partial charge in [0.25, 0.3) is 0 Å². The number of carbonyl (C=O) groups is 1. The summed E-state index contributed by atoms with van der Waals surface area (Å²) in [5, 5.41) is 0. The molecular formula is C22H25NO. The maximum atomic E-state index is 13.0. The molecule has 124 valence electrons. The molecule has 2 aliphatic heterocycles. The van der Waals surface area contributed by atoms with Crippen molar-refractivity contribution >= 4 is 5.78 Å². The van der Waals surface area contributed by atoms with Crippen LogP contribution in [0.4, 0.5) is 0 Å². The van der Waals surface area contributed by atoms with Gasteiger partial charge in [-0.15, -0.1) is 0 Å². The van der Waals surface area contributed by atoms with E-state index in [4.69, 9.17) is 0 Å². The third kappa shape index (κ3) is 2.91. The molecule has 0 spiro atoms. The zero-order chi connectivity index (χ0) is 16.5. The summed E-state index contributed by atoms with van der Waals surface area (Å²) in [5.41, 5.74) is 2.69. The quantitative estimate of drug-likeness (QED) is 0.855. The normalized spacial score (nSPS) is 29.8. The maximum Gasteiger partial charge on any atom is 0.153 e. The molecule has 2 aliphatic rings. The lowest BCUT2D eigenvalue weighted by Gasteiger charge is -2.36. The molecule has 0 saturated carbocycles. The maximum absolute atomic E-state index is 13.0. The van der Waals surface area contributed by atoms with Gasteiger partial charge in [0.2, 0.25) is 0 Å². The zero-order valence-corrected chi connectivity index (χ0v) is 14.3. The number of rotatable bonds is 4. The Hall–Kier alpha value is -1.93. The summed E-state index contributed by atoms with van der Waals surface area (Å²) in [4.78, 5) is 15.3. The van der Waals surface area contributed by atoms with Crippen LogP contribution in [0, 0.1) is 11.8 Å². The number of hydrogen-bond donors (Lipinski definition) is 0. The van der Waals surface area contributed by atoms with E-state index >= 15 is 0 Å². The highest BCUT2D eigenvalue weighted by Gasteiger charge is 2.49. The van der Waals surface area contributed by atoms with Crippen LogP contribution in [0.15, 0.2) is 60.7 Å². The van der Waals surface area contributed by atoms with Crippen molar-refractivity contribution in [2.45, 2.75) is 37.8 Å². The van der Waals surface area contributed by atoms with Gasteiger partial charge in [0, 0.05) is 12.0 Å². The van der Waals surface area contributed by atoms with Gasteiger partial charge in [0.15, 0.2) is 5.78 Å². The average molecular weight is 319 g/mol. The van der Waals surface area contributed by atoms with Crippen molar-refractivity contribution < 1.29 is 4.79 Å². The van der Waals surface area contributed by atoms with E-state index in [9.17, 15) is 4.79 Å². The van der Waals surface area contributed by atoms with E-state index in [1.807, 2.05) is 6.07 Å². The van der Waals surface area contributed by atoms with Gasteiger partial charge in [-0.3, -0.25) is 9.69 Å². The van der Waals surface area contributed by atoms with E-state index in [0.29, 0.717) is 17.7 Å². The fourth-order valence-electron chi connectivity index (χ4n) is 4.75. The first kappa shape index (κ1) is 15.6. The summed E-state index contributed by atoms with van der Waals surface area (Å²) in [6.45, 7) is 0. The highest BCUT2D eigenvalue weighted by Crippen LogP contribution is 2.41. The van der Waals surface area contributed by atoms with Gasteiger partial charge in [-0.25, -0.2) is 0 Å². The number of benzene rings is 2. The number of hydrogen-bond acceptors (Lipinski definition) is 2. The number of fused-ring (bicyclic) bond motifs is 2. The van der Waals surface area contributed by atoms with Crippen LogP contribution in [0.2, 0.25) is 0 Å². The number of likely N-dealkylation sites (N-methyl/N-ethyl adjacent to an activating group) is 1. The molecule has 0 amide bonds. The second kappa shape index (κ2) is 6.52. The summed E-state index contributed by atoms with van der Waals surface area (Å²) in [5.74, 6) is 1.26. The van der Waals surface area contributed by atoms with Gasteiger partial charge in [-0.1, -0.05) is 60.7 Å². The van der Waals surface area contributed by atoms with E-state index in [2.05, 4.69) is 66.5 Å². The van der Waals surface area contributed by atoms with Crippen LogP contribution >= 0.6 is 0 Å². The minimum atomic E-state index is 0.131. The smallest absolute Gasteiger partial charge is 0.153 e. The molecule has 2 heterocycles. The first-order valence-corrected chi connectivity index (χ1v) is 9.06. The fraction of sp³-hybridized carbons (Fsp3) is 0.409. The minimum absolute atomic E-state index is 0.131. The molecule has 24 heavy (non-hydrogen) atoms. The Bertz CT molecular complexity index is 696. The van der Waals surface area contributed by atoms with Crippen LogP contribution < -0.4 is 0 Å². The molecule has 2 nitrogen and oxygen atoms in total. The van der Waals surface area contributed by atoms with Crippen LogP contribution in [0.1, 0.15) is 24.0 Å². The van der Waals surface area contributed by atoms with E-state index < -0.39 is 0 Å². The molecule has 2 aromatic rings. The molecule has 4 atom stereocenters. The second-order valence-corrected chi connectivity index (χ2v) is 7.46. The number of nitrogens with zero attached hydrogens (tertiary/aromatic N) is 1. The van der Waals surface area contributed by atoms with Gasteiger partial charge in [-0.2, -0.15) is 0 Å². The number of carbonyl (C=O) groups excluding carboxylic acids is 1. The third-order valence-corrected chi connectivity index (χ3v) is 6.01. The van der Waals surface area contributed by atoms with Gasteiger partial charge < -0.3 is 0 Å². The van der Waals surface area contributed by atoms with Crippen LogP contribution in [-0.2, 0) is 17.6 Å². The van der Waals surface area contributed by atoms with Crippen LogP contribution in [0.3, 0.4) is 0 Å². The Balaban J connectivity index is 1.50. The average Bonchev–Trinajstić information content (AvgIpc) is 2.83. The molecule has 0 aromatic heterocycles. The Morgan fingerprint density at radius 3 is 2.08 bits per heavy atom. The Morgan fingerprint density at radius 1 is 0.875 bits per heavy atom. The Morgan fingerprint density at radius 2 is 1.46 bits per heavy atom. The standard InChI is InChI=1S/C22H25NO/c1-23-20-15-19(13-17-10-6-3-7-11-17)22(24)21(23)14-18(20)12-16-8-4-2-5-9-16/h2-11,18-21H,12-15H2,1H3/t18-,19+,20-,21-/m1/s1. The van der Waals surface area contributed by atoms with Gasteiger partial charge in [0.05, 0.1) is 6.04 Å². The first-order valence-electron chi connectivity index (χ1n) is 9.06. The second-order valence-electron chi connectivity index (χ2n) is 7.46.